The molecular weight excluding hydrogens is 258 g/mol. The van der Waals surface area contributed by atoms with Gasteiger partial charge in [-0.25, -0.2) is 0 Å². The van der Waals surface area contributed by atoms with E-state index in [1.54, 1.807) is 0 Å². The Labute approximate surface area is 116 Å². The Bertz CT molecular complexity index is 584. The number of thiophene rings is 1. The van der Waals surface area contributed by atoms with Gasteiger partial charge in [-0.3, -0.25) is 4.79 Å². The van der Waals surface area contributed by atoms with Crippen LogP contribution in [0.25, 0.3) is 10.1 Å². The normalized spacial score (nSPS) is 18.2. The summed E-state index contributed by atoms with van der Waals surface area (Å²) < 4.78 is 1.12. The highest BCUT2D eigenvalue weighted by molar-refractivity contribution is 7.20. The number of nitrogens with one attached hydrogen (secondary N) is 1. The lowest BCUT2D eigenvalue weighted by Crippen LogP contribution is -2.50. The molecule has 1 atom stereocenters. The maximum Gasteiger partial charge on any atom is 0.261 e. The van der Waals surface area contributed by atoms with Crippen molar-refractivity contribution in [1.29, 1.82) is 0 Å². The summed E-state index contributed by atoms with van der Waals surface area (Å²) in [5.41, 5.74) is -0.479. The van der Waals surface area contributed by atoms with Gasteiger partial charge in [0.1, 0.15) is 0 Å². The van der Waals surface area contributed by atoms with Crippen molar-refractivity contribution in [1.82, 2.24) is 5.32 Å². The van der Waals surface area contributed by atoms with Gasteiger partial charge in [-0.2, -0.15) is 0 Å². The predicted octanol–water partition coefficient (Wildman–Crippen LogP) is 2.79. The molecule has 4 heteroatoms. The molecule has 0 aliphatic heterocycles. The van der Waals surface area contributed by atoms with E-state index >= 15 is 0 Å². The third-order valence-electron chi connectivity index (χ3n) is 3.86. The van der Waals surface area contributed by atoms with E-state index in [2.05, 4.69) is 5.32 Å². The van der Waals surface area contributed by atoms with E-state index in [9.17, 15) is 9.90 Å². The topological polar surface area (TPSA) is 49.3 Å². The monoisotopic (exact) mass is 275 g/mol. The van der Waals surface area contributed by atoms with E-state index in [0.717, 1.165) is 22.9 Å². The molecule has 1 unspecified atom stereocenters. The highest BCUT2D eigenvalue weighted by Crippen LogP contribution is 2.39. The van der Waals surface area contributed by atoms with Crippen LogP contribution in [0.15, 0.2) is 30.3 Å². The van der Waals surface area contributed by atoms with Gasteiger partial charge >= 0.3 is 0 Å². The fourth-order valence-electron chi connectivity index (χ4n) is 2.41. The van der Waals surface area contributed by atoms with Crippen LogP contribution in [0.3, 0.4) is 0 Å². The summed E-state index contributed by atoms with van der Waals surface area (Å²) in [5, 5.41) is 13.6. The first-order valence-electron chi connectivity index (χ1n) is 6.54. The number of fused-ring (bicyclic) bond motifs is 1. The minimum atomic E-state index is -0.479. The van der Waals surface area contributed by atoms with Gasteiger partial charge in [0.05, 0.1) is 17.0 Å². The number of aliphatic hydroxyl groups excluding tert-OH is 1. The number of rotatable bonds is 4. The predicted molar refractivity (Wildman–Crippen MR) is 77.5 cm³/mol. The van der Waals surface area contributed by atoms with Crippen LogP contribution in [0.1, 0.15) is 29.4 Å². The fourth-order valence-corrected chi connectivity index (χ4v) is 3.36. The van der Waals surface area contributed by atoms with E-state index in [1.807, 2.05) is 37.3 Å². The molecule has 1 aromatic heterocycles. The van der Waals surface area contributed by atoms with Crippen molar-refractivity contribution in [3.05, 3.63) is 35.2 Å². The minimum Gasteiger partial charge on any atom is -0.394 e. The zero-order valence-corrected chi connectivity index (χ0v) is 11.7. The highest BCUT2D eigenvalue weighted by Gasteiger charge is 2.42. The zero-order chi connectivity index (χ0) is 13.5. The standard InChI is InChI=1S/C15H17NO2S/c1-15(9-17,11-6-7-11)16-14(18)13-8-10-4-2-3-5-12(10)19-13/h2-5,8,11,17H,6-7,9H2,1H3,(H,16,18). The van der Waals surface area contributed by atoms with Crippen LogP contribution >= 0.6 is 11.3 Å². The summed E-state index contributed by atoms with van der Waals surface area (Å²) in [5.74, 6) is 0.334. The molecule has 0 spiro atoms. The van der Waals surface area contributed by atoms with Crippen molar-refractivity contribution in [2.75, 3.05) is 6.61 Å². The molecule has 1 aliphatic rings. The maximum atomic E-state index is 12.3. The molecule has 1 fully saturated rings. The lowest BCUT2D eigenvalue weighted by Gasteiger charge is -2.28. The first kappa shape index (κ1) is 12.6. The van der Waals surface area contributed by atoms with E-state index < -0.39 is 5.54 Å². The van der Waals surface area contributed by atoms with Gasteiger partial charge in [0.2, 0.25) is 0 Å². The molecule has 19 heavy (non-hydrogen) atoms. The molecule has 0 saturated heterocycles. The number of hydrogen-bond donors (Lipinski definition) is 2. The van der Waals surface area contributed by atoms with Crippen molar-refractivity contribution >= 4 is 27.3 Å². The van der Waals surface area contributed by atoms with E-state index in [-0.39, 0.29) is 12.5 Å². The van der Waals surface area contributed by atoms with Crippen molar-refractivity contribution in [3.8, 4) is 0 Å². The Morgan fingerprint density at radius 1 is 1.47 bits per heavy atom. The Morgan fingerprint density at radius 2 is 2.21 bits per heavy atom. The number of hydrogen-bond acceptors (Lipinski definition) is 3. The fraction of sp³-hybridized carbons (Fsp3) is 0.400. The molecule has 0 radical (unpaired) electrons. The van der Waals surface area contributed by atoms with Crippen LogP contribution in [0.4, 0.5) is 0 Å². The Morgan fingerprint density at radius 3 is 2.84 bits per heavy atom. The van der Waals surface area contributed by atoms with Crippen molar-refractivity contribution in [3.63, 3.8) is 0 Å². The molecule has 2 N–H and O–H groups in total. The smallest absolute Gasteiger partial charge is 0.261 e. The summed E-state index contributed by atoms with van der Waals surface area (Å²) in [6.45, 7) is 1.92. The Balaban J connectivity index is 1.83. The molecule has 1 heterocycles. The van der Waals surface area contributed by atoms with Crippen LogP contribution < -0.4 is 5.32 Å². The SMILES string of the molecule is CC(CO)(NC(=O)c1cc2ccccc2s1)C1CC1. The molecule has 3 rings (SSSR count). The Hall–Kier alpha value is -1.39. The third-order valence-corrected chi connectivity index (χ3v) is 4.97. The van der Waals surface area contributed by atoms with Crippen LogP contribution in [0.5, 0.6) is 0 Å². The number of carbonyl (C=O) groups excluding carboxylic acids is 1. The second-order valence-electron chi connectivity index (χ2n) is 5.45. The van der Waals surface area contributed by atoms with Gasteiger partial charge in [0.25, 0.3) is 5.91 Å². The van der Waals surface area contributed by atoms with Crippen molar-refractivity contribution in [2.24, 2.45) is 5.92 Å². The van der Waals surface area contributed by atoms with Gasteiger partial charge in [0.15, 0.2) is 0 Å². The summed E-state index contributed by atoms with van der Waals surface area (Å²) >= 11 is 1.50. The number of aliphatic hydroxyl groups is 1. The van der Waals surface area contributed by atoms with Crippen LogP contribution in [0, 0.1) is 5.92 Å². The maximum absolute atomic E-state index is 12.3. The quantitative estimate of drug-likeness (QED) is 0.901. The average molecular weight is 275 g/mol. The third kappa shape index (κ3) is 2.38. The van der Waals surface area contributed by atoms with E-state index in [4.69, 9.17) is 0 Å². The molecule has 0 bridgehead atoms. The molecule has 1 aliphatic carbocycles. The molecule has 1 amide bonds. The van der Waals surface area contributed by atoms with Crippen LogP contribution in [0.2, 0.25) is 0 Å². The number of amides is 1. The van der Waals surface area contributed by atoms with Gasteiger partial charge in [-0.1, -0.05) is 18.2 Å². The lowest BCUT2D eigenvalue weighted by atomic mass is 9.97. The van der Waals surface area contributed by atoms with Gasteiger partial charge in [-0.05, 0) is 43.2 Å². The second kappa shape index (κ2) is 4.62. The number of carbonyl (C=O) groups is 1. The van der Waals surface area contributed by atoms with E-state index in [0.29, 0.717) is 10.8 Å². The summed E-state index contributed by atoms with van der Waals surface area (Å²) in [7, 11) is 0. The summed E-state index contributed by atoms with van der Waals surface area (Å²) in [4.78, 5) is 13.0. The minimum absolute atomic E-state index is 0.00565. The summed E-state index contributed by atoms with van der Waals surface area (Å²) in [6.07, 6.45) is 2.17. The first-order valence-corrected chi connectivity index (χ1v) is 7.36. The zero-order valence-electron chi connectivity index (χ0n) is 10.8. The van der Waals surface area contributed by atoms with Gasteiger partial charge in [-0.15, -0.1) is 11.3 Å². The van der Waals surface area contributed by atoms with Crippen molar-refractivity contribution in [2.45, 2.75) is 25.3 Å². The molecule has 2 aromatic rings. The van der Waals surface area contributed by atoms with Gasteiger partial charge < -0.3 is 10.4 Å². The molecule has 1 saturated carbocycles. The lowest BCUT2D eigenvalue weighted by molar-refractivity contribution is 0.0829. The largest absolute Gasteiger partial charge is 0.394 e. The van der Waals surface area contributed by atoms with Crippen LogP contribution in [-0.2, 0) is 0 Å². The van der Waals surface area contributed by atoms with Crippen molar-refractivity contribution < 1.29 is 9.90 Å². The summed E-state index contributed by atoms with van der Waals surface area (Å²) in [6, 6.07) is 9.89. The Kier molecular flexibility index (Phi) is 3.07. The van der Waals surface area contributed by atoms with E-state index in [1.165, 1.54) is 11.3 Å². The first-order chi connectivity index (χ1) is 9.12. The molecule has 1 aromatic carbocycles. The molecule has 100 valence electrons. The average Bonchev–Trinajstić information content (AvgIpc) is 3.18. The number of benzene rings is 1. The molecular formula is C15H17NO2S. The highest BCUT2D eigenvalue weighted by atomic mass is 32.1. The van der Waals surface area contributed by atoms with Gasteiger partial charge in [0, 0.05) is 4.70 Å². The second-order valence-corrected chi connectivity index (χ2v) is 6.54. The molecule has 3 nitrogen and oxygen atoms in total. The van der Waals surface area contributed by atoms with Crippen LogP contribution in [-0.4, -0.2) is 23.2 Å².